The van der Waals surface area contributed by atoms with Gasteiger partial charge in [0.2, 0.25) is 0 Å². The molecule has 3 rings (SSSR count). The molecule has 1 heterocycles. The van der Waals surface area contributed by atoms with Crippen molar-refractivity contribution >= 4 is 22.1 Å². The lowest BCUT2D eigenvalue weighted by Crippen LogP contribution is -1.93. The first-order valence-corrected chi connectivity index (χ1v) is 6.07. The van der Waals surface area contributed by atoms with Gasteiger partial charge in [0, 0.05) is 34.5 Å². The molecule has 20 heavy (non-hydrogen) atoms. The molecule has 0 radical (unpaired) electrons. The highest BCUT2D eigenvalue weighted by Gasteiger charge is 2.05. The zero-order valence-corrected chi connectivity index (χ0v) is 10.5. The molecule has 4 heteroatoms. The quantitative estimate of drug-likeness (QED) is 0.760. The van der Waals surface area contributed by atoms with Gasteiger partial charge in [0.25, 0.3) is 0 Å². The van der Waals surface area contributed by atoms with Crippen LogP contribution in [0.5, 0.6) is 0 Å². The van der Waals surface area contributed by atoms with Crippen molar-refractivity contribution in [2.24, 2.45) is 0 Å². The lowest BCUT2D eigenvalue weighted by molar-refractivity contribution is 0.624. The third-order valence-electron chi connectivity index (χ3n) is 3.05. The van der Waals surface area contributed by atoms with Crippen LogP contribution in [0.3, 0.4) is 0 Å². The molecule has 0 unspecified atom stereocenters. The monoisotopic (exact) mass is 263 g/mol. The average molecular weight is 263 g/mol. The molecule has 0 spiro atoms. The molecule has 1 aromatic heterocycles. The summed E-state index contributed by atoms with van der Waals surface area (Å²) in [5.41, 5.74) is 1.51. The SMILES string of the molecule is N#Cc1ccc(Nc2cccc3cnccc23)cc1F. The second-order valence-electron chi connectivity index (χ2n) is 4.33. The third-order valence-corrected chi connectivity index (χ3v) is 3.05. The van der Waals surface area contributed by atoms with Crippen molar-refractivity contribution in [3.8, 4) is 6.07 Å². The standard InChI is InChI=1S/C16H10FN3/c17-15-8-13(5-4-11(15)9-18)20-16-3-1-2-12-10-19-7-6-14(12)16/h1-8,10,20H. The Hall–Kier alpha value is -2.93. The van der Waals surface area contributed by atoms with Crippen LogP contribution in [0, 0.1) is 17.1 Å². The van der Waals surface area contributed by atoms with Crippen molar-refractivity contribution in [3.05, 3.63) is 66.2 Å². The van der Waals surface area contributed by atoms with Crippen molar-refractivity contribution in [2.45, 2.75) is 0 Å². The fourth-order valence-corrected chi connectivity index (χ4v) is 2.07. The molecule has 1 N–H and O–H groups in total. The molecule has 96 valence electrons. The van der Waals surface area contributed by atoms with Gasteiger partial charge in [0.1, 0.15) is 11.9 Å². The molecule has 0 aliphatic heterocycles. The number of rotatable bonds is 2. The minimum atomic E-state index is -0.528. The van der Waals surface area contributed by atoms with Crippen molar-refractivity contribution < 1.29 is 4.39 Å². The van der Waals surface area contributed by atoms with Crippen LogP contribution >= 0.6 is 0 Å². The summed E-state index contributed by atoms with van der Waals surface area (Å²) in [6, 6.07) is 14.0. The number of nitriles is 1. The summed E-state index contributed by atoms with van der Waals surface area (Å²) in [7, 11) is 0. The van der Waals surface area contributed by atoms with Gasteiger partial charge in [-0.3, -0.25) is 4.98 Å². The van der Waals surface area contributed by atoms with E-state index in [4.69, 9.17) is 5.26 Å². The smallest absolute Gasteiger partial charge is 0.143 e. The molecule has 0 atom stereocenters. The summed E-state index contributed by atoms with van der Waals surface area (Å²) in [5, 5.41) is 13.9. The van der Waals surface area contributed by atoms with Gasteiger partial charge in [-0.1, -0.05) is 12.1 Å². The topological polar surface area (TPSA) is 48.7 Å². The Morgan fingerprint density at radius 3 is 2.85 bits per heavy atom. The number of fused-ring (bicyclic) bond motifs is 1. The predicted molar refractivity (Wildman–Crippen MR) is 76.1 cm³/mol. The minimum Gasteiger partial charge on any atom is -0.355 e. The molecule has 0 saturated heterocycles. The summed E-state index contributed by atoms with van der Waals surface area (Å²) in [6.07, 6.45) is 3.49. The maximum Gasteiger partial charge on any atom is 0.143 e. The van der Waals surface area contributed by atoms with E-state index in [-0.39, 0.29) is 5.56 Å². The first kappa shape index (κ1) is 12.1. The molecule has 2 aromatic carbocycles. The second-order valence-corrected chi connectivity index (χ2v) is 4.33. The summed E-state index contributed by atoms with van der Waals surface area (Å²) < 4.78 is 13.6. The molecule has 0 saturated carbocycles. The van der Waals surface area contributed by atoms with Crippen LogP contribution < -0.4 is 5.32 Å². The highest BCUT2D eigenvalue weighted by atomic mass is 19.1. The van der Waals surface area contributed by atoms with Crippen molar-refractivity contribution in [1.82, 2.24) is 4.98 Å². The lowest BCUT2D eigenvalue weighted by Gasteiger charge is -2.10. The van der Waals surface area contributed by atoms with E-state index in [1.54, 1.807) is 24.5 Å². The van der Waals surface area contributed by atoms with Gasteiger partial charge in [-0.2, -0.15) is 5.26 Å². The van der Waals surface area contributed by atoms with Gasteiger partial charge in [-0.05, 0) is 30.3 Å². The van der Waals surface area contributed by atoms with E-state index in [1.807, 2.05) is 24.3 Å². The highest BCUT2D eigenvalue weighted by Crippen LogP contribution is 2.26. The molecule has 0 bridgehead atoms. The second kappa shape index (κ2) is 4.98. The van der Waals surface area contributed by atoms with Crippen LogP contribution in [0.1, 0.15) is 5.56 Å². The van der Waals surface area contributed by atoms with E-state index in [9.17, 15) is 4.39 Å². The zero-order valence-electron chi connectivity index (χ0n) is 10.5. The Labute approximate surface area is 115 Å². The summed E-state index contributed by atoms with van der Waals surface area (Å²) >= 11 is 0. The van der Waals surface area contributed by atoms with Crippen LogP contribution in [0.4, 0.5) is 15.8 Å². The average Bonchev–Trinajstić information content (AvgIpc) is 2.48. The molecule has 3 aromatic rings. The Kier molecular flexibility index (Phi) is 3.02. The summed E-state index contributed by atoms with van der Waals surface area (Å²) in [5.74, 6) is -0.528. The largest absolute Gasteiger partial charge is 0.355 e. The summed E-state index contributed by atoms with van der Waals surface area (Å²) in [6.45, 7) is 0. The highest BCUT2D eigenvalue weighted by molar-refractivity contribution is 5.94. The lowest BCUT2D eigenvalue weighted by atomic mass is 10.1. The number of anilines is 2. The van der Waals surface area contributed by atoms with Gasteiger partial charge in [0.05, 0.1) is 5.56 Å². The third kappa shape index (κ3) is 2.17. The number of hydrogen-bond donors (Lipinski definition) is 1. The predicted octanol–water partition coefficient (Wildman–Crippen LogP) is 3.99. The number of nitrogens with zero attached hydrogens (tertiary/aromatic N) is 2. The first-order valence-electron chi connectivity index (χ1n) is 6.07. The molecule has 3 nitrogen and oxygen atoms in total. The van der Waals surface area contributed by atoms with Gasteiger partial charge < -0.3 is 5.32 Å². The van der Waals surface area contributed by atoms with Crippen LogP contribution in [-0.2, 0) is 0 Å². The van der Waals surface area contributed by atoms with E-state index in [1.165, 1.54) is 12.1 Å². The molecule has 0 aliphatic rings. The normalized spacial score (nSPS) is 10.2. The van der Waals surface area contributed by atoms with Gasteiger partial charge in [-0.25, -0.2) is 4.39 Å². The maximum absolute atomic E-state index is 13.6. The van der Waals surface area contributed by atoms with E-state index < -0.39 is 5.82 Å². The van der Waals surface area contributed by atoms with Crippen molar-refractivity contribution in [2.75, 3.05) is 5.32 Å². The van der Waals surface area contributed by atoms with Crippen LogP contribution in [0.25, 0.3) is 10.8 Å². The number of benzene rings is 2. The minimum absolute atomic E-state index is 0.0395. The molecular formula is C16H10FN3. The maximum atomic E-state index is 13.6. The number of aromatic nitrogens is 1. The fraction of sp³-hybridized carbons (Fsp3) is 0. The van der Waals surface area contributed by atoms with E-state index in [0.29, 0.717) is 5.69 Å². The first-order chi connectivity index (χ1) is 9.78. The van der Waals surface area contributed by atoms with Crippen LogP contribution in [-0.4, -0.2) is 4.98 Å². The number of hydrogen-bond acceptors (Lipinski definition) is 3. The van der Waals surface area contributed by atoms with Gasteiger partial charge in [-0.15, -0.1) is 0 Å². The molecule has 0 fully saturated rings. The van der Waals surface area contributed by atoms with E-state index >= 15 is 0 Å². The van der Waals surface area contributed by atoms with Gasteiger partial charge >= 0.3 is 0 Å². The Bertz CT molecular complexity index is 816. The number of nitrogens with one attached hydrogen (secondary N) is 1. The Morgan fingerprint density at radius 2 is 2.05 bits per heavy atom. The fourth-order valence-electron chi connectivity index (χ4n) is 2.07. The molecule has 0 amide bonds. The van der Waals surface area contributed by atoms with E-state index in [2.05, 4.69) is 10.3 Å². The van der Waals surface area contributed by atoms with Crippen molar-refractivity contribution in [1.29, 1.82) is 5.26 Å². The Balaban J connectivity index is 2.02. The van der Waals surface area contributed by atoms with Crippen LogP contribution in [0.2, 0.25) is 0 Å². The van der Waals surface area contributed by atoms with Crippen LogP contribution in [0.15, 0.2) is 54.9 Å². The van der Waals surface area contributed by atoms with E-state index in [0.717, 1.165) is 16.5 Å². The summed E-state index contributed by atoms with van der Waals surface area (Å²) in [4.78, 5) is 4.07. The molecular weight excluding hydrogens is 253 g/mol. The number of pyridine rings is 1. The number of halogens is 1. The van der Waals surface area contributed by atoms with Crippen molar-refractivity contribution in [3.63, 3.8) is 0 Å². The van der Waals surface area contributed by atoms with Gasteiger partial charge in [0.15, 0.2) is 0 Å². The zero-order chi connectivity index (χ0) is 13.9. The molecule has 0 aliphatic carbocycles. The Morgan fingerprint density at radius 1 is 1.15 bits per heavy atom.